The normalized spacial score (nSPS) is 11.8. The molecular formula is C78H47ClN2O4. The summed E-state index contributed by atoms with van der Waals surface area (Å²) in [6, 6.07) is 99.5. The summed E-state index contributed by atoms with van der Waals surface area (Å²) in [6.45, 7) is 0. The van der Waals surface area contributed by atoms with E-state index in [0.717, 1.165) is 122 Å². The number of halogens is 1. The Kier molecular flexibility index (Phi) is 11.2. The van der Waals surface area contributed by atoms with Gasteiger partial charge in [0.15, 0.2) is 0 Å². The van der Waals surface area contributed by atoms with E-state index in [1.165, 1.54) is 21.5 Å². The molecular weight excluding hydrogens is 1060 g/mol. The summed E-state index contributed by atoms with van der Waals surface area (Å²) in [5, 5.41) is 9.55. The summed E-state index contributed by atoms with van der Waals surface area (Å²) >= 11 is 6.65. The predicted molar refractivity (Wildman–Crippen MR) is 349 cm³/mol. The van der Waals surface area contributed by atoms with Crippen LogP contribution in [0.4, 0.5) is 0 Å². The Bertz CT molecular complexity index is 5440. The van der Waals surface area contributed by atoms with Crippen LogP contribution in [0.3, 0.4) is 0 Å². The second kappa shape index (κ2) is 19.6. The molecule has 13 aromatic carbocycles. The Morgan fingerprint density at radius 2 is 0.682 bits per heavy atom. The van der Waals surface area contributed by atoms with Crippen molar-refractivity contribution in [2.75, 3.05) is 0 Å². The number of ether oxygens (including phenoxy) is 2. The lowest BCUT2D eigenvalue weighted by atomic mass is 9.91. The maximum Gasteiger partial charge on any atom is 0.136 e. The number of benzene rings is 13. The van der Waals surface area contributed by atoms with Gasteiger partial charge in [0.1, 0.15) is 45.3 Å². The summed E-state index contributed by atoms with van der Waals surface area (Å²) in [6.07, 6.45) is 0. The van der Waals surface area contributed by atoms with Crippen LogP contribution >= 0.6 is 11.6 Å². The van der Waals surface area contributed by atoms with E-state index >= 15 is 0 Å². The second-order valence-electron chi connectivity index (χ2n) is 21.6. The zero-order valence-electron chi connectivity index (χ0n) is 45.5. The zero-order chi connectivity index (χ0) is 56.1. The molecule has 0 atom stereocenters. The Morgan fingerprint density at radius 3 is 1.26 bits per heavy atom. The Balaban J connectivity index is 0.877. The van der Waals surface area contributed by atoms with Gasteiger partial charge in [-0.05, 0) is 149 Å². The molecule has 0 aliphatic rings. The van der Waals surface area contributed by atoms with E-state index in [9.17, 15) is 0 Å². The van der Waals surface area contributed by atoms with Gasteiger partial charge in [0, 0.05) is 65.3 Å². The molecule has 85 heavy (non-hydrogen) atoms. The standard InChI is InChI=1S/C78H47ClN2O4/c79-52-18-14-20-54(46-52)83-56-43-51(78-57(48-38-40-75-66(44-48)64-26-6-12-36-74(64)84-75)27-15-34-72(78)81-69-31-9-3-23-61(69)62-24-4-10-32-70(62)81)42-55(47-56)82-53-19-13-17-50(41-53)77-58(49-37-39-65-63-25-5-11-35-73(63)85-76(65)45-49)28-16-33-71(77)80-67-29-7-1-21-59(67)60-22-2-8-30-68(60)80/h1-47H. The van der Waals surface area contributed by atoms with Gasteiger partial charge in [0.2, 0.25) is 0 Å². The second-order valence-corrected chi connectivity index (χ2v) is 22.1. The summed E-state index contributed by atoms with van der Waals surface area (Å²) in [5.74, 6) is 2.40. The number of nitrogens with zero attached hydrogens (tertiary/aromatic N) is 2. The van der Waals surface area contributed by atoms with Crippen LogP contribution in [0.25, 0.3) is 143 Å². The summed E-state index contributed by atoms with van der Waals surface area (Å²) in [7, 11) is 0. The minimum Gasteiger partial charge on any atom is -0.457 e. The first-order valence-electron chi connectivity index (χ1n) is 28.5. The van der Waals surface area contributed by atoms with E-state index in [-0.39, 0.29) is 0 Å². The first-order valence-corrected chi connectivity index (χ1v) is 28.8. The van der Waals surface area contributed by atoms with Crippen LogP contribution in [0.5, 0.6) is 23.0 Å². The van der Waals surface area contributed by atoms with E-state index in [1.54, 1.807) is 0 Å². The van der Waals surface area contributed by atoms with Gasteiger partial charge in [0.25, 0.3) is 0 Å². The molecule has 0 unspecified atom stereocenters. The number of rotatable bonds is 10. The van der Waals surface area contributed by atoms with Gasteiger partial charge < -0.3 is 27.4 Å². The number of hydrogen-bond acceptors (Lipinski definition) is 4. The molecule has 0 bridgehead atoms. The van der Waals surface area contributed by atoms with Crippen LogP contribution in [0.2, 0.25) is 5.02 Å². The first-order chi connectivity index (χ1) is 42.0. The molecule has 400 valence electrons. The van der Waals surface area contributed by atoms with E-state index < -0.39 is 0 Å². The number of para-hydroxylation sites is 6. The monoisotopic (exact) mass is 1110 g/mol. The van der Waals surface area contributed by atoms with Gasteiger partial charge in [0.05, 0.1) is 33.4 Å². The molecule has 0 saturated carbocycles. The largest absolute Gasteiger partial charge is 0.457 e. The average Bonchev–Trinajstić information content (AvgIpc) is 2.07. The van der Waals surface area contributed by atoms with Crippen LogP contribution in [-0.4, -0.2) is 9.13 Å². The van der Waals surface area contributed by atoms with E-state index in [4.69, 9.17) is 29.9 Å². The summed E-state index contributed by atoms with van der Waals surface area (Å²) in [4.78, 5) is 0. The van der Waals surface area contributed by atoms with Crippen molar-refractivity contribution in [2.45, 2.75) is 0 Å². The summed E-state index contributed by atoms with van der Waals surface area (Å²) in [5.41, 5.74) is 17.8. The molecule has 0 amide bonds. The first kappa shape index (κ1) is 48.6. The van der Waals surface area contributed by atoms with Crippen LogP contribution in [-0.2, 0) is 0 Å². The maximum absolute atomic E-state index is 7.28. The molecule has 0 radical (unpaired) electrons. The van der Waals surface area contributed by atoms with Crippen LogP contribution in [0, 0.1) is 0 Å². The zero-order valence-corrected chi connectivity index (χ0v) is 46.3. The van der Waals surface area contributed by atoms with Gasteiger partial charge in [-0.1, -0.05) is 175 Å². The van der Waals surface area contributed by atoms with Crippen molar-refractivity contribution in [3.8, 4) is 78.9 Å². The van der Waals surface area contributed by atoms with Crippen molar-refractivity contribution in [1.82, 2.24) is 9.13 Å². The fraction of sp³-hybridized carbons (Fsp3) is 0. The maximum atomic E-state index is 7.28. The minimum atomic E-state index is 0.571. The lowest BCUT2D eigenvalue weighted by Crippen LogP contribution is -2.00. The van der Waals surface area contributed by atoms with Crippen molar-refractivity contribution in [2.24, 2.45) is 0 Å². The van der Waals surface area contributed by atoms with Gasteiger partial charge in [-0.25, -0.2) is 0 Å². The van der Waals surface area contributed by atoms with E-state index in [2.05, 4.69) is 234 Å². The predicted octanol–water partition coefficient (Wildman–Crippen LogP) is 22.6. The molecule has 0 aliphatic carbocycles. The van der Waals surface area contributed by atoms with Crippen molar-refractivity contribution < 1.29 is 18.3 Å². The third-order valence-electron chi connectivity index (χ3n) is 16.7. The SMILES string of the molecule is Clc1cccc(Oc2cc(Oc3cccc(-c4c(-c5ccc6c(c5)oc5ccccc56)cccc4-n4c5ccccc5c5ccccc54)c3)cc(-c3c(-c4ccc5oc6ccccc6c5c4)cccc3-n3c4ccccc4c4ccccc43)c2)c1. The third kappa shape index (κ3) is 8.10. The Hall–Kier alpha value is -11.1. The molecule has 6 nitrogen and oxygen atoms in total. The lowest BCUT2D eigenvalue weighted by molar-refractivity contribution is 0.461. The van der Waals surface area contributed by atoms with E-state index in [1.807, 2.05) is 60.7 Å². The highest BCUT2D eigenvalue weighted by Gasteiger charge is 2.24. The molecule has 0 spiro atoms. The molecule has 17 rings (SSSR count). The van der Waals surface area contributed by atoms with Crippen molar-refractivity contribution in [1.29, 1.82) is 0 Å². The molecule has 0 aliphatic heterocycles. The van der Waals surface area contributed by atoms with Crippen LogP contribution < -0.4 is 9.47 Å². The minimum absolute atomic E-state index is 0.571. The van der Waals surface area contributed by atoms with E-state index in [0.29, 0.717) is 28.0 Å². The lowest BCUT2D eigenvalue weighted by Gasteiger charge is -2.21. The van der Waals surface area contributed by atoms with Gasteiger partial charge >= 0.3 is 0 Å². The summed E-state index contributed by atoms with van der Waals surface area (Å²) < 4.78 is 31.9. The number of fused-ring (bicyclic) bond motifs is 12. The molecule has 4 aromatic heterocycles. The van der Waals surface area contributed by atoms with Gasteiger partial charge in [-0.3, -0.25) is 0 Å². The fourth-order valence-corrected chi connectivity index (χ4v) is 13.2. The fourth-order valence-electron chi connectivity index (χ4n) is 13.0. The smallest absolute Gasteiger partial charge is 0.136 e. The number of hydrogen-bond donors (Lipinski definition) is 0. The highest BCUT2D eigenvalue weighted by Crippen LogP contribution is 2.48. The van der Waals surface area contributed by atoms with Crippen molar-refractivity contribution in [3.05, 3.63) is 290 Å². The molecule has 4 heterocycles. The van der Waals surface area contributed by atoms with Crippen molar-refractivity contribution in [3.63, 3.8) is 0 Å². The highest BCUT2D eigenvalue weighted by atomic mass is 35.5. The molecule has 0 N–H and O–H groups in total. The van der Waals surface area contributed by atoms with Crippen LogP contribution in [0.15, 0.2) is 294 Å². The van der Waals surface area contributed by atoms with Crippen LogP contribution in [0.1, 0.15) is 0 Å². The molecule has 0 saturated heterocycles. The quantitative estimate of drug-likeness (QED) is 0.137. The van der Waals surface area contributed by atoms with Crippen molar-refractivity contribution >= 4 is 99.1 Å². The number of aromatic nitrogens is 2. The highest BCUT2D eigenvalue weighted by molar-refractivity contribution is 6.30. The topological polar surface area (TPSA) is 54.6 Å². The Labute approximate surface area is 492 Å². The molecule has 17 aromatic rings. The molecule has 0 fully saturated rings. The average molecular weight is 1110 g/mol. The number of furan rings is 2. The van der Waals surface area contributed by atoms with Gasteiger partial charge in [-0.15, -0.1) is 0 Å². The molecule has 7 heteroatoms. The Morgan fingerprint density at radius 1 is 0.259 bits per heavy atom. The van der Waals surface area contributed by atoms with Gasteiger partial charge in [-0.2, -0.15) is 0 Å². The third-order valence-corrected chi connectivity index (χ3v) is 16.9.